The molecule has 0 aromatic carbocycles. The molecule has 0 bridgehead atoms. The van der Waals surface area contributed by atoms with Gasteiger partial charge in [-0.3, -0.25) is 14.0 Å². The Bertz CT molecular complexity index is 713. The van der Waals surface area contributed by atoms with Crippen LogP contribution in [-0.4, -0.2) is 19.3 Å². The molecule has 6 heteroatoms. The fraction of sp³-hybridized carbons (Fsp3) is 0.250. The summed E-state index contributed by atoms with van der Waals surface area (Å²) in [6.45, 7) is 2.65. The Kier molecular flexibility index (Phi) is 2.71. The highest BCUT2D eigenvalue weighted by Gasteiger charge is 2.11. The molecule has 0 aliphatic rings. The molecule has 18 heavy (non-hydrogen) atoms. The minimum absolute atomic E-state index is 0.0147. The van der Waals surface area contributed by atoms with Crippen LogP contribution in [0.2, 0.25) is 0 Å². The predicted octanol–water partition coefficient (Wildman–Crippen LogP) is 1.92. The lowest BCUT2D eigenvalue weighted by molar-refractivity contribution is 0.426. The lowest BCUT2D eigenvalue weighted by Crippen LogP contribution is -2.26. The van der Waals surface area contributed by atoms with Crippen molar-refractivity contribution >= 4 is 21.6 Å². The number of nitrogens with zero attached hydrogens (tertiary/aromatic N) is 4. The normalized spacial score (nSPS) is 12.9. The van der Waals surface area contributed by atoms with Gasteiger partial charge in [-0.1, -0.05) is 0 Å². The van der Waals surface area contributed by atoms with Crippen LogP contribution in [0.5, 0.6) is 0 Å². The Labute approximate surface area is 107 Å². The maximum atomic E-state index is 12.3. The average Bonchev–Trinajstić information content (AvgIpc) is 2.99. The van der Waals surface area contributed by atoms with Gasteiger partial charge >= 0.3 is 0 Å². The van der Waals surface area contributed by atoms with E-state index in [1.165, 1.54) is 11.3 Å². The van der Waals surface area contributed by atoms with E-state index in [9.17, 15) is 4.79 Å². The molecule has 0 saturated heterocycles. The summed E-state index contributed by atoms with van der Waals surface area (Å²) >= 11 is 1.49. The summed E-state index contributed by atoms with van der Waals surface area (Å²) in [7, 11) is 0. The summed E-state index contributed by atoms with van der Waals surface area (Å²) in [4.78, 5) is 17.4. The summed E-state index contributed by atoms with van der Waals surface area (Å²) in [6.07, 6.45) is 5.24. The molecule has 1 unspecified atom stereocenters. The van der Waals surface area contributed by atoms with Crippen LogP contribution in [0, 0.1) is 0 Å². The number of aromatic nitrogens is 4. The van der Waals surface area contributed by atoms with E-state index in [2.05, 4.69) is 10.1 Å². The molecular formula is C12H12N4OS. The van der Waals surface area contributed by atoms with Crippen molar-refractivity contribution in [1.82, 2.24) is 19.3 Å². The van der Waals surface area contributed by atoms with Crippen LogP contribution in [0.15, 0.2) is 41.0 Å². The summed E-state index contributed by atoms with van der Waals surface area (Å²) in [6, 6.07) is 3.72. The first kappa shape index (κ1) is 11.2. The van der Waals surface area contributed by atoms with Crippen molar-refractivity contribution in [3.8, 4) is 0 Å². The molecule has 3 rings (SSSR count). The fourth-order valence-electron chi connectivity index (χ4n) is 1.95. The number of hydrogen-bond donors (Lipinski definition) is 0. The second-order valence-corrected chi connectivity index (χ2v) is 5.07. The van der Waals surface area contributed by atoms with Gasteiger partial charge in [0.1, 0.15) is 4.83 Å². The van der Waals surface area contributed by atoms with Crippen LogP contribution in [0.3, 0.4) is 0 Å². The molecule has 3 aromatic heterocycles. The van der Waals surface area contributed by atoms with Crippen LogP contribution >= 0.6 is 11.3 Å². The van der Waals surface area contributed by atoms with Crippen LogP contribution in [0.25, 0.3) is 10.2 Å². The molecule has 0 aliphatic heterocycles. The first-order valence-electron chi connectivity index (χ1n) is 5.67. The van der Waals surface area contributed by atoms with E-state index in [0.717, 1.165) is 4.83 Å². The topological polar surface area (TPSA) is 52.7 Å². The molecular weight excluding hydrogens is 248 g/mol. The van der Waals surface area contributed by atoms with Crippen LogP contribution in [0.1, 0.15) is 13.0 Å². The molecule has 3 aromatic rings. The predicted molar refractivity (Wildman–Crippen MR) is 70.8 cm³/mol. The van der Waals surface area contributed by atoms with Crippen molar-refractivity contribution in [1.29, 1.82) is 0 Å². The van der Waals surface area contributed by atoms with E-state index in [1.807, 2.05) is 35.3 Å². The maximum absolute atomic E-state index is 12.3. The first-order valence-corrected chi connectivity index (χ1v) is 6.55. The lowest BCUT2D eigenvalue weighted by Gasteiger charge is -2.14. The van der Waals surface area contributed by atoms with Crippen molar-refractivity contribution in [2.24, 2.45) is 0 Å². The monoisotopic (exact) mass is 260 g/mol. The van der Waals surface area contributed by atoms with E-state index >= 15 is 0 Å². The molecule has 0 amide bonds. The molecule has 0 radical (unpaired) electrons. The third-order valence-electron chi connectivity index (χ3n) is 2.89. The van der Waals surface area contributed by atoms with Gasteiger partial charge < -0.3 is 0 Å². The van der Waals surface area contributed by atoms with Crippen molar-refractivity contribution in [3.63, 3.8) is 0 Å². The van der Waals surface area contributed by atoms with Gasteiger partial charge in [0.15, 0.2) is 0 Å². The number of hydrogen-bond acceptors (Lipinski definition) is 4. The maximum Gasteiger partial charge on any atom is 0.262 e. The first-order chi connectivity index (χ1) is 8.75. The third-order valence-corrected chi connectivity index (χ3v) is 3.72. The zero-order valence-corrected chi connectivity index (χ0v) is 10.7. The van der Waals surface area contributed by atoms with Gasteiger partial charge in [0.05, 0.1) is 24.3 Å². The van der Waals surface area contributed by atoms with Crippen molar-refractivity contribution in [2.45, 2.75) is 19.5 Å². The molecule has 92 valence electrons. The largest absolute Gasteiger partial charge is 0.294 e. The highest BCUT2D eigenvalue weighted by molar-refractivity contribution is 7.16. The second kappa shape index (κ2) is 4.38. The molecule has 0 fully saturated rings. The summed E-state index contributed by atoms with van der Waals surface area (Å²) < 4.78 is 3.48. The Morgan fingerprint density at radius 3 is 3.17 bits per heavy atom. The summed E-state index contributed by atoms with van der Waals surface area (Å²) in [5.74, 6) is 0. The van der Waals surface area contributed by atoms with E-state index in [-0.39, 0.29) is 11.6 Å². The van der Waals surface area contributed by atoms with Gasteiger partial charge in [-0.25, -0.2) is 4.98 Å². The zero-order valence-electron chi connectivity index (χ0n) is 9.85. The number of fused-ring (bicyclic) bond motifs is 1. The van der Waals surface area contributed by atoms with E-state index < -0.39 is 0 Å². The Hall–Kier alpha value is -1.95. The SMILES string of the molecule is CC(Cn1cccn1)n1cnc2sccc2c1=O. The third kappa shape index (κ3) is 1.84. The quantitative estimate of drug-likeness (QED) is 0.723. The summed E-state index contributed by atoms with van der Waals surface area (Å²) in [5.41, 5.74) is 0.0147. The Morgan fingerprint density at radius 1 is 1.50 bits per heavy atom. The lowest BCUT2D eigenvalue weighted by atomic mass is 10.3. The fourth-order valence-corrected chi connectivity index (χ4v) is 2.67. The molecule has 5 nitrogen and oxygen atoms in total. The van der Waals surface area contributed by atoms with E-state index in [4.69, 9.17) is 0 Å². The number of rotatable bonds is 3. The highest BCUT2D eigenvalue weighted by atomic mass is 32.1. The van der Waals surface area contributed by atoms with Crippen molar-refractivity contribution < 1.29 is 0 Å². The van der Waals surface area contributed by atoms with Crippen LogP contribution < -0.4 is 5.56 Å². The van der Waals surface area contributed by atoms with Gasteiger partial charge in [0, 0.05) is 12.4 Å². The minimum atomic E-state index is 0.0147. The van der Waals surface area contributed by atoms with Gasteiger partial charge in [0.25, 0.3) is 5.56 Å². The van der Waals surface area contributed by atoms with Crippen LogP contribution in [-0.2, 0) is 6.54 Å². The second-order valence-electron chi connectivity index (χ2n) is 4.17. The molecule has 0 N–H and O–H groups in total. The Morgan fingerprint density at radius 2 is 2.39 bits per heavy atom. The molecule has 3 heterocycles. The van der Waals surface area contributed by atoms with Crippen LogP contribution in [0.4, 0.5) is 0 Å². The zero-order chi connectivity index (χ0) is 12.5. The van der Waals surface area contributed by atoms with Gasteiger partial charge in [-0.15, -0.1) is 11.3 Å². The average molecular weight is 260 g/mol. The van der Waals surface area contributed by atoms with Gasteiger partial charge in [-0.2, -0.15) is 5.10 Å². The van der Waals surface area contributed by atoms with E-state index in [0.29, 0.717) is 11.9 Å². The van der Waals surface area contributed by atoms with Gasteiger partial charge in [-0.05, 0) is 24.4 Å². The molecule has 0 aliphatic carbocycles. The molecule has 0 saturated carbocycles. The van der Waals surface area contributed by atoms with Crippen molar-refractivity contribution in [2.75, 3.05) is 0 Å². The van der Waals surface area contributed by atoms with Gasteiger partial charge in [0.2, 0.25) is 0 Å². The number of thiophene rings is 1. The minimum Gasteiger partial charge on any atom is -0.294 e. The highest BCUT2D eigenvalue weighted by Crippen LogP contribution is 2.15. The summed E-state index contributed by atoms with van der Waals surface area (Å²) in [5, 5.41) is 6.73. The molecule has 1 atom stereocenters. The Balaban J connectivity index is 1.98. The van der Waals surface area contributed by atoms with Crippen molar-refractivity contribution in [3.05, 3.63) is 46.6 Å². The molecule has 0 spiro atoms. The smallest absolute Gasteiger partial charge is 0.262 e. The standard InChI is InChI=1S/C12H12N4OS/c1-9(7-15-5-2-4-14-15)16-8-13-11-10(12(16)17)3-6-18-11/h2-6,8-9H,7H2,1H3. The van der Waals surface area contributed by atoms with E-state index in [1.54, 1.807) is 17.1 Å².